The van der Waals surface area contributed by atoms with Crippen LogP contribution in [0, 0.1) is 11.8 Å². The average Bonchev–Trinajstić information content (AvgIpc) is 3.62. The van der Waals surface area contributed by atoms with Crippen LogP contribution >= 0.6 is 0 Å². The molecule has 0 saturated heterocycles. The van der Waals surface area contributed by atoms with Crippen LogP contribution in [0.5, 0.6) is 0 Å². The van der Waals surface area contributed by atoms with Crippen LogP contribution in [0.3, 0.4) is 0 Å². The fourth-order valence-electron chi connectivity index (χ4n) is 6.92. The van der Waals surface area contributed by atoms with Crippen LogP contribution in [0.2, 0.25) is 0 Å². The molecule has 0 aromatic carbocycles. The van der Waals surface area contributed by atoms with E-state index >= 15 is 0 Å². The largest absolute Gasteiger partial charge is 0.384 e. The van der Waals surface area contributed by atoms with Crippen LogP contribution in [0.25, 0.3) is 0 Å². The summed E-state index contributed by atoms with van der Waals surface area (Å²) in [5, 5.41) is 19.4. The summed E-state index contributed by atoms with van der Waals surface area (Å²) in [6.07, 6.45) is 13.9. The van der Waals surface area contributed by atoms with E-state index in [1.165, 1.54) is 73.9 Å². The number of H-pyrrole nitrogens is 1. The lowest BCUT2D eigenvalue weighted by molar-refractivity contribution is 0.0318. The summed E-state index contributed by atoms with van der Waals surface area (Å²) in [5.41, 5.74) is 5.35. The monoisotopic (exact) mass is 586 g/mol. The fourth-order valence-corrected chi connectivity index (χ4v) is 6.92. The first-order chi connectivity index (χ1) is 20.5. The van der Waals surface area contributed by atoms with Crippen LogP contribution in [-0.4, -0.2) is 104 Å². The second-order valence-electron chi connectivity index (χ2n) is 13.0. The van der Waals surface area contributed by atoms with Gasteiger partial charge in [-0.15, -0.1) is 0 Å². The second-order valence-corrected chi connectivity index (χ2v) is 13.0. The van der Waals surface area contributed by atoms with Gasteiger partial charge in [0.05, 0.1) is 18.5 Å². The number of aromatic nitrogens is 4. The van der Waals surface area contributed by atoms with Crippen molar-refractivity contribution in [2.45, 2.75) is 83.0 Å². The third kappa shape index (κ3) is 9.86. The first kappa shape index (κ1) is 33.1. The molecule has 0 aliphatic heterocycles. The Balaban J connectivity index is 1.26. The van der Waals surface area contributed by atoms with Crippen molar-refractivity contribution in [1.82, 2.24) is 40.4 Å². The summed E-state index contributed by atoms with van der Waals surface area (Å²) >= 11 is 0. The lowest BCUT2D eigenvalue weighted by Gasteiger charge is -2.29. The van der Waals surface area contributed by atoms with E-state index in [1.807, 2.05) is 27.4 Å². The number of aromatic amines is 1. The number of nitrogens with one attached hydrogen (secondary N) is 3. The highest BCUT2D eigenvalue weighted by Gasteiger charge is 2.28. The normalized spacial score (nSPS) is 23.3. The van der Waals surface area contributed by atoms with Crippen molar-refractivity contribution in [3.8, 4) is 0 Å². The molecule has 0 atom stereocenters. The molecular formula is C32H58N8O2. The molecule has 10 nitrogen and oxygen atoms in total. The summed E-state index contributed by atoms with van der Waals surface area (Å²) in [6, 6.07) is 0. The Morgan fingerprint density at radius 1 is 0.857 bits per heavy atom. The molecule has 0 radical (unpaired) electrons. The zero-order valence-corrected chi connectivity index (χ0v) is 27.0. The minimum absolute atomic E-state index is 0.538. The van der Waals surface area contributed by atoms with Gasteiger partial charge in [0, 0.05) is 87.8 Å². The number of likely N-dealkylation sites (N-methyl/N-ethyl adjacent to an activating group) is 4. The molecule has 238 valence electrons. The maximum Gasteiger partial charge on any atom is 0.139 e. The minimum atomic E-state index is 0.538. The minimum Gasteiger partial charge on any atom is -0.384 e. The summed E-state index contributed by atoms with van der Waals surface area (Å²) in [6.45, 7) is 8.15. The number of ether oxygens (including phenoxy) is 2. The highest BCUT2D eigenvalue weighted by Crippen LogP contribution is 2.38. The van der Waals surface area contributed by atoms with Crippen molar-refractivity contribution in [2.24, 2.45) is 11.8 Å². The van der Waals surface area contributed by atoms with E-state index in [4.69, 9.17) is 14.6 Å². The van der Waals surface area contributed by atoms with Gasteiger partial charge in [-0.2, -0.15) is 10.2 Å². The molecule has 0 unspecified atom stereocenters. The third-order valence-electron chi connectivity index (χ3n) is 9.46. The van der Waals surface area contributed by atoms with E-state index in [-0.39, 0.29) is 0 Å². The molecule has 2 aliphatic carbocycles. The summed E-state index contributed by atoms with van der Waals surface area (Å²) in [4.78, 5) is 4.76. The van der Waals surface area contributed by atoms with Crippen molar-refractivity contribution >= 4 is 0 Å². The zero-order valence-electron chi connectivity index (χ0n) is 27.0. The summed E-state index contributed by atoms with van der Waals surface area (Å²) in [7, 11) is 10.2. The van der Waals surface area contributed by atoms with Gasteiger partial charge >= 0.3 is 0 Å². The van der Waals surface area contributed by atoms with Crippen LogP contribution in [0.15, 0.2) is 12.4 Å². The van der Waals surface area contributed by atoms with Crippen molar-refractivity contribution in [2.75, 3.05) is 74.7 Å². The van der Waals surface area contributed by atoms with Gasteiger partial charge in [0.15, 0.2) is 0 Å². The average molecular weight is 587 g/mol. The lowest BCUT2D eigenvalue weighted by Crippen LogP contribution is -2.27. The first-order valence-corrected chi connectivity index (χ1v) is 16.3. The number of rotatable bonds is 18. The molecule has 2 aliphatic rings. The summed E-state index contributed by atoms with van der Waals surface area (Å²) in [5.74, 6) is 2.42. The molecule has 2 fully saturated rings. The van der Waals surface area contributed by atoms with Crippen LogP contribution in [-0.2, 0) is 29.3 Å². The van der Waals surface area contributed by atoms with Crippen molar-refractivity contribution < 1.29 is 9.47 Å². The maximum absolute atomic E-state index is 6.30. The van der Waals surface area contributed by atoms with Crippen molar-refractivity contribution in [3.05, 3.63) is 34.9 Å². The molecule has 42 heavy (non-hydrogen) atoms. The molecule has 3 N–H and O–H groups in total. The van der Waals surface area contributed by atoms with E-state index in [0.717, 1.165) is 52.5 Å². The molecule has 2 aromatic heterocycles. The molecule has 0 amide bonds. The summed E-state index contributed by atoms with van der Waals surface area (Å²) < 4.78 is 13.8. The molecule has 2 saturated carbocycles. The molecular weight excluding hydrogens is 528 g/mol. The Morgan fingerprint density at radius 2 is 1.45 bits per heavy atom. The number of nitrogens with zero attached hydrogens (tertiary/aromatic N) is 5. The van der Waals surface area contributed by atoms with Crippen LogP contribution < -0.4 is 10.6 Å². The smallest absolute Gasteiger partial charge is 0.139 e. The predicted octanol–water partition coefficient (Wildman–Crippen LogP) is 3.78. The molecule has 2 heterocycles. The Labute approximate surface area is 254 Å². The SMILES string of the molecule is CNCCN(C)Cc1cn(COCC2CCC(c3[nH]ncc3CN(C)CCNC)CC2)nc1C1CCC(COC)CC1. The van der Waals surface area contributed by atoms with Gasteiger partial charge in [-0.1, -0.05) is 0 Å². The predicted molar refractivity (Wildman–Crippen MR) is 169 cm³/mol. The van der Waals surface area contributed by atoms with E-state index in [9.17, 15) is 0 Å². The van der Waals surface area contributed by atoms with E-state index in [2.05, 4.69) is 55.6 Å². The van der Waals surface area contributed by atoms with Gasteiger partial charge in [0.2, 0.25) is 0 Å². The zero-order chi connectivity index (χ0) is 29.7. The third-order valence-corrected chi connectivity index (χ3v) is 9.46. The van der Waals surface area contributed by atoms with Gasteiger partial charge < -0.3 is 29.9 Å². The van der Waals surface area contributed by atoms with Gasteiger partial charge in [-0.25, -0.2) is 4.68 Å². The lowest BCUT2D eigenvalue weighted by atomic mass is 9.80. The highest BCUT2D eigenvalue weighted by atomic mass is 16.5. The highest BCUT2D eigenvalue weighted by molar-refractivity contribution is 5.22. The molecule has 2 aromatic rings. The van der Waals surface area contributed by atoms with Gasteiger partial charge in [-0.3, -0.25) is 5.10 Å². The molecule has 0 spiro atoms. The second kappa shape index (κ2) is 17.5. The Morgan fingerprint density at radius 3 is 2.07 bits per heavy atom. The maximum atomic E-state index is 6.30. The Hall–Kier alpha value is -1.82. The number of hydrogen-bond acceptors (Lipinski definition) is 8. The van der Waals surface area contributed by atoms with Gasteiger partial charge in [0.25, 0.3) is 0 Å². The quantitative estimate of drug-likeness (QED) is 0.243. The van der Waals surface area contributed by atoms with Crippen molar-refractivity contribution in [3.63, 3.8) is 0 Å². The Bertz CT molecular complexity index is 1010. The van der Waals surface area contributed by atoms with Crippen LogP contribution in [0.4, 0.5) is 0 Å². The van der Waals surface area contributed by atoms with Gasteiger partial charge in [0.1, 0.15) is 6.73 Å². The van der Waals surface area contributed by atoms with E-state index in [0.29, 0.717) is 30.4 Å². The molecule has 4 rings (SSSR count). The Kier molecular flexibility index (Phi) is 13.8. The van der Waals surface area contributed by atoms with Gasteiger partial charge in [-0.05, 0) is 91.4 Å². The molecule has 10 heteroatoms. The molecule has 0 bridgehead atoms. The fraction of sp³-hybridized carbons (Fsp3) is 0.812. The van der Waals surface area contributed by atoms with Crippen LogP contribution in [0.1, 0.15) is 85.7 Å². The standard InChI is InChI=1S/C32H58N8O2/c1-33-14-16-38(3)19-29-18-35-36-31(29)27-10-8-26(9-11-27)23-42-24-40-21-30(20-39(4)17-15-34-2)32(37-40)28-12-6-25(7-13-28)22-41-5/h18,21,25-28,33-34H,6-17,19-20,22-24H2,1-5H3,(H,35,36). The number of hydrogen-bond donors (Lipinski definition) is 3. The first-order valence-electron chi connectivity index (χ1n) is 16.3. The van der Waals surface area contributed by atoms with E-state index in [1.54, 1.807) is 0 Å². The van der Waals surface area contributed by atoms with E-state index < -0.39 is 0 Å². The topological polar surface area (TPSA) is 95.5 Å². The van der Waals surface area contributed by atoms with Crippen molar-refractivity contribution in [1.29, 1.82) is 0 Å². The number of methoxy groups -OCH3 is 1.